The predicted octanol–water partition coefficient (Wildman–Crippen LogP) is 3.72. The maximum Gasteiger partial charge on any atom is 0.255 e. The Labute approximate surface area is 256 Å². The molecule has 0 aliphatic carbocycles. The molecule has 2 fully saturated rings. The first kappa shape index (κ1) is 30.9. The molecule has 3 atom stereocenters. The summed E-state index contributed by atoms with van der Waals surface area (Å²) in [5.74, 6) is -0.390. The summed E-state index contributed by atoms with van der Waals surface area (Å²) >= 11 is 0. The largest absolute Gasteiger partial charge is 0.457 e. The standard InChI is InChI=1S/C33H35N3O7S/c1-21(2)19-26(34-31(38)22-13-15-24(16-14-22)43-23-9-5-4-6-10-23)33(40)35-18-17-27-30(35)28(37)20-36(27)32(39)25-11-7-8-12-29(25)44(3,41)42/h4-16,21,26-27,30H,17-20H2,1-3H3,(H,34,38)/t26-,27?,30-/m0/s1. The summed E-state index contributed by atoms with van der Waals surface area (Å²) in [7, 11) is -3.69. The fraction of sp³-hybridized carbons (Fsp3) is 0.333. The van der Waals surface area contributed by atoms with Crippen molar-refractivity contribution in [1.29, 1.82) is 0 Å². The predicted molar refractivity (Wildman–Crippen MR) is 163 cm³/mol. The van der Waals surface area contributed by atoms with Crippen LogP contribution >= 0.6 is 0 Å². The van der Waals surface area contributed by atoms with Gasteiger partial charge in [0.1, 0.15) is 23.6 Å². The highest BCUT2D eigenvalue weighted by atomic mass is 32.2. The molecule has 0 saturated carbocycles. The maximum absolute atomic E-state index is 13.9. The number of hydrogen-bond donors (Lipinski definition) is 1. The molecule has 10 nitrogen and oxygen atoms in total. The number of rotatable bonds is 9. The normalized spacial score (nSPS) is 18.7. The van der Waals surface area contributed by atoms with Gasteiger partial charge in [-0.25, -0.2) is 8.42 Å². The van der Waals surface area contributed by atoms with E-state index in [1.54, 1.807) is 30.3 Å². The SMILES string of the molecule is CC(C)C[C@H](NC(=O)c1ccc(Oc2ccccc2)cc1)C(=O)N1CCC2[C@H]1C(=O)CN2C(=O)c1ccccc1S(C)(=O)=O. The molecule has 1 unspecified atom stereocenters. The number of hydrogen-bond acceptors (Lipinski definition) is 7. The Hall–Kier alpha value is -4.51. The average Bonchev–Trinajstić information content (AvgIpc) is 3.57. The molecule has 44 heavy (non-hydrogen) atoms. The molecule has 2 heterocycles. The molecule has 3 amide bonds. The third-order valence-corrected chi connectivity index (χ3v) is 9.04. The highest BCUT2D eigenvalue weighted by Gasteiger charge is 2.52. The van der Waals surface area contributed by atoms with Crippen LogP contribution in [0.15, 0.2) is 83.8 Å². The lowest BCUT2D eigenvalue weighted by atomic mass is 10.0. The number of para-hydroxylation sites is 1. The zero-order valence-corrected chi connectivity index (χ0v) is 25.6. The Kier molecular flexibility index (Phi) is 8.87. The molecule has 3 aromatic rings. The number of carbonyl (C=O) groups excluding carboxylic acids is 4. The van der Waals surface area contributed by atoms with E-state index < -0.39 is 39.8 Å². The van der Waals surface area contributed by atoms with Crippen LogP contribution in [-0.4, -0.2) is 79.2 Å². The van der Waals surface area contributed by atoms with Crippen molar-refractivity contribution < 1.29 is 32.3 Å². The molecule has 0 aromatic heterocycles. The molecule has 1 N–H and O–H groups in total. The summed E-state index contributed by atoms with van der Waals surface area (Å²) in [6.45, 7) is 3.88. The topological polar surface area (TPSA) is 130 Å². The number of sulfone groups is 1. The molecule has 0 bridgehead atoms. The molecule has 2 aliphatic heterocycles. The van der Waals surface area contributed by atoms with Gasteiger partial charge in [0.25, 0.3) is 11.8 Å². The third-order valence-electron chi connectivity index (χ3n) is 7.89. The van der Waals surface area contributed by atoms with Gasteiger partial charge < -0.3 is 19.9 Å². The second-order valence-corrected chi connectivity index (χ2v) is 13.6. The number of carbonyl (C=O) groups is 4. The van der Waals surface area contributed by atoms with Crippen LogP contribution in [0.1, 0.15) is 47.4 Å². The van der Waals surface area contributed by atoms with Gasteiger partial charge in [0.2, 0.25) is 5.91 Å². The van der Waals surface area contributed by atoms with Crippen molar-refractivity contribution in [2.75, 3.05) is 19.3 Å². The van der Waals surface area contributed by atoms with Crippen LogP contribution in [0.4, 0.5) is 0 Å². The fourth-order valence-corrected chi connectivity index (χ4v) is 6.77. The second-order valence-electron chi connectivity index (χ2n) is 11.6. The number of ether oxygens (including phenoxy) is 1. The first-order valence-electron chi connectivity index (χ1n) is 14.5. The lowest BCUT2D eigenvalue weighted by Crippen LogP contribution is -2.53. The highest BCUT2D eigenvalue weighted by Crippen LogP contribution is 2.33. The fourth-order valence-electron chi connectivity index (χ4n) is 5.89. The minimum Gasteiger partial charge on any atom is -0.457 e. The van der Waals surface area contributed by atoms with Gasteiger partial charge in [-0.3, -0.25) is 19.2 Å². The number of nitrogens with zero attached hydrogens (tertiary/aromatic N) is 2. The van der Waals surface area contributed by atoms with Gasteiger partial charge in [-0.2, -0.15) is 0 Å². The first-order chi connectivity index (χ1) is 20.9. The summed E-state index contributed by atoms with van der Waals surface area (Å²) in [6, 6.07) is 19.4. The van der Waals surface area contributed by atoms with Crippen molar-refractivity contribution in [3.63, 3.8) is 0 Å². The smallest absolute Gasteiger partial charge is 0.255 e. The number of fused-ring (bicyclic) bond motifs is 1. The lowest BCUT2D eigenvalue weighted by Gasteiger charge is -2.29. The van der Waals surface area contributed by atoms with E-state index in [9.17, 15) is 27.6 Å². The molecule has 0 spiro atoms. The van der Waals surface area contributed by atoms with Gasteiger partial charge in [0, 0.05) is 18.4 Å². The highest BCUT2D eigenvalue weighted by molar-refractivity contribution is 7.90. The molecular formula is C33H35N3O7S. The summed E-state index contributed by atoms with van der Waals surface area (Å²) < 4.78 is 30.4. The molecule has 3 aromatic carbocycles. The van der Waals surface area contributed by atoms with Crippen LogP contribution < -0.4 is 10.1 Å². The van der Waals surface area contributed by atoms with Gasteiger partial charge >= 0.3 is 0 Å². The van der Waals surface area contributed by atoms with Crippen molar-refractivity contribution in [1.82, 2.24) is 15.1 Å². The number of Topliss-reactive ketones (excluding diaryl/α,β-unsaturated/α-hetero) is 1. The van der Waals surface area contributed by atoms with Gasteiger partial charge in [0.05, 0.1) is 23.0 Å². The quantitative estimate of drug-likeness (QED) is 0.387. The van der Waals surface area contributed by atoms with Crippen LogP contribution in [0, 0.1) is 5.92 Å². The second kappa shape index (κ2) is 12.6. The van der Waals surface area contributed by atoms with E-state index in [2.05, 4.69) is 5.32 Å². The molecular weight excluding hydrogens is 582 g/mol. The molecule has 2 aliphatic rings. The van der Waals surface area contributed by atoms with Gasteiger partial charge in [-0.05, 0) is 67.3 Å². The van der Waals surface area contributed by atoms with E-state index in [4.69, 9.17) is 4.74 Å². The maximum atomic E-state index is 13.9. The molecule has 230 valence electrons. The number of amides is 3. The van der Waals surface area contributed by atoms with Gasteiger partial charge in [-0.1, -0.05) is 44.2 Å². The van der Waals surface area contributed by atoms with E-state index >= 15 is 0 Å². The zero-order chi connectivity index (χ0) is 31.6. The minimum atomic E-state index is -3.69. The summed E-state index contributed by atoms with van der Waals surface area (Å²) in [5, 5.41) is 2.86. The van der Waals surface area contributed by atoms with Crippen LogP contribution in [-0.2, 0) is 19.4 Å². The van der Waals surface area contributed by atoms with E-state index in [0.29, 0.717) is 29.9 Å². The summed E-state index contributed by atoms with van der Waals surface area (Å²) in [6.07, 6.45) is 1.75. The lowest BCUT2D eigenvalue weighted by molar-refractivity contribution is -0.138. The van der Waals surface area contributed by atoms with Crippen LogP contribution in [0.25, 0.3) is 0 Å². The third kappa shape index (κ3) is 6.52. The van der Waals surface area contributed by atoms with Gasteiger partial charge in [-0.15, -0.1) is 0 Å². The van der Waals surface area contributed by atoms with Crippen molar-refractivity contribution >= 4 is 33.3 Å². The zero-order valence-electron chi connectivity index (χ0n) is 24.8. The van der Waals surface area contributed by atoms with Crippen molar-refractivity contribution in [3.05, 3.63) is 90.0 Å². The molecule has 0 radical (unpaired) electrons. The average molecular weight is 618 g/mol. The number of likely N-dealkylation sites (tertiary alicyclic amines) is 2. The van der Waals surface area contributed by atoms with Gasteiger partial charge in [0.15, 0.2) is 15.6 Å². The summed E-state index contributed by atoms with van der Waals surface area (Å²) in [4.78, 5) is 56.6. The Balaban J connectivity index is 1.30. The monoisotopic (exact) mass is 617 g/mol. The number of benzene rings is 3. The Morgan fingerprint density at radius 2 is 1.55 bits per heavy atom. The van der Waals surface area contributed by atoms with E-state index in [1.807, 2.05) is 44.2 Å². The molecule has 11 heteroatoms. The summed E-state index contributed by atoms with van der Waals surface area (Å²) in [5.41, 5.74) is 0.350. The van der Waals surface area contributed by atoms with Crippen molar-refractivity contribution in [3.8, 4) is 11.5 Å². The Morgan fingerprint density at radius 3 is 2.20 bits per heavy atom. The van der Waals surface area contributed by atoms with Crippen molar-refractivity contribution in [2.24, 2.45) is 5.92 Å². The number of nitrogens with one attached hydrogen (secondary N) is 1. The van der Waals surface area contributed by atoms with Crippen LogP contribution in [0.3, 0.4) is 0 Å². The van der Waals surface area contributed by atoms with Crippen LogP contribution in [0.5, 0.6) is 11.5 Å². The van der Waals surface area contributed by atoms with E-state index in [0.717, 1.165) is 6.26 Å². The molecule has 5 rings (SSSR count). The van der Waals surface area contributed by atoms with E-state index in [-0.39, 0.29) is 41.2 Å². The number of ketones is 1. The Morgan fingerprint density at radius 1 is 0.909 bits per heavy atom. The van der Waals surface area contributed by atoms with E-state index in [1.165, 1.54) is 28.0 Å². The van der Waals surface area contributed by atoms with Crippen LogP contribution in [0.2, 0.25) is 0 Å². The molecule has 2 saturated heterocycles. The van der Waals surface area contributed by atoms with Crippen molar-refractivity contribution in [2.45, 2.75) is 49.7 Å². The first-order valence-corrected chi connectivity index (χ1v) is 16.4. The minimum absolute atomic E-state index is 0.00152. The Bertz CT molecular complexity index is 1670.